The van der Waals surface area contributed by atoms with Crippen LogP contribution in [0.5, 0.6) is 0 Å². The summed E-state index contributed by atoms with van der Waals surface area (Å²) in [4.78, 5) is 35.8. The molecule has 9 nitrogen and oxygen atoms in total. The molecule has 0 aliphatic carbocycles. The van der Waals surface area contributed by atoms with E-state index in [1.54, 1.807) is 0 Å². The molecule has 2 atom stereocenters. The fourth-order valence-corrected chi connectivity index (χ4v) is 10.3. The summed E-state index contributed by atoms with van der Waals surface area (Å²) in [6.07, 6.45) is 74.9. The Hall–Kier alpha value is -2.03. The van der Waals surface area contributed by atoms with E-state index in [-0.39, 0.29) is 25.6 Å². The van der Waals surface area contributed by atoms with Crippen LogP contribution in [0.25, 0.3) is 0 Å². The highest BCUT2D eigenvalue weighted by Gasteiger charge is 2.27. The number of carbonyl (C=O) groups is 2. The van der Waals surface area contributed by atoms with Gasteiger partial charge in [0.15, 0.2) is 6.10 Å². The molecule has 452 valence electrons. The number of hydrogen-bond donors (Lipinski definition) is 1. The number of allylic oxidation sites excluding steroid dienone is 8. The van der Waals surface area contributed by atoms with Crippen molar-refractivity contribution in [3.63, 3.8) is 0 Å². The van der Waals surface area contributed by atoms with Gasteiger partial charge in [-0.05, 0) is 51.4 Å². The summed E-state index contributed by atoms with van der Waals surface area (Å²) in [5.41, 5.74) is 0. The summed E-state index contributed by atoms with van der Waals surface area (Å²) in [6.45, 7) is 4.38. The van der Waals surface area contributed by atoms with Gasteiger partial charge in [0, 0.05) is 12.8 Å². The van der Waals surface area contributed by atoms with Gasteiger partial charge in [0.05, 0.1) is 27.7 Å². The van der Waals surface area contributed by atoms with Crippen LogP contribution in [0.2, 0.25) is 0 Å². The summed E-state index contributed by atoms with van der Waals surface area (Å²) in [5, 5.41) is 0. The summed E-state index contributed by atoms with van der Waals surface area (Å²) in [5.74, 6) is -0.777. The third-order valence-corrected chi connectivity index (χ3v) is 15.6. The molecular formula is C67H127NO8P+. The van der Waals surface area contributed by atoms with Crippen molar-refractivity contribution in [2.24, 2.45) is 0 Å². The first-order chi connectivity index (χ1) is 37.5. The highest BCUT2D eigenvalue weighted by atomic mass is 31.2. The molecule has 2 unspecified atom stereocenters. The Morgan fingerprint density at radius 3 is 1.10 bits per heavy atom. The molecule has 0 heterocycles. The van der Waals surface area contributed by atoms with Crippen LogP contribution >= 0.6 is 7.82 Å². The lowest BCUT2D eigenvalue weighted by molar-refractivity contribution is -0.870. The molecule has 0 radical (unpaired) electrons. The standard InChI is InChI=1S/C67H126NO8P/c1-6-8-10-12-14-16-18-20-22-24-26-27-28-29-30-31-32-33-34-35-36-37-38-39-40-41-42-44-46-48-50-52-54-56-58-60-67(70)76-65(64-75-77(71,72)74-62-61-68(3,4)5)63-73-66(69)59-57-55-53-51-49-47-45-43-25-23-21-19-17-15-13-11-9-7-2/h8,10,14,16,20,22,26-27,65H,6-7,9,11-13,15,17-19,21,23-25,28-64H2,1-5H3/p+1/b10-8-,16-14-,22-20-,27-26-. The van der Waals surface area contributed by atoms with Crippen molar-refractivity contribution in [3.8, 4) is 0 Å². The highest BCUT2D eigenvalue weighted by Crippen LogP contribution is 2.43. The SMILES string of the molecule is CC/C=C\C/C=C\C/C=C\C/C=C\CCCCCCCCCCCCCCCCCCCCCCCCC(=O)OC(COC(=O)CCCCCCCCCCCCCCCCCCCC)COP(=O)(O)OCC[N+](C)(C)C. The molecule has 10 heteroatoms. The van der Waals surface area contributed by atoms with Gasteiger partial charge in [-0.2, -0.15) is 0 Å². The van der Waals surface area contributed by atoms with Gasteiger partial charge in [-0.3, -0.25) is 18.6 Å². The molecule has 0 amide bonds. The monoisotopic (exact) mass is 1100 g/mol. The van der Waals surface area contributed by atoms with E-state index >= 15 is 0 Å². The van der Waals surface area contributed by atoms with E-state index in [4.69, 9.17) is 18.5 Å². The maximum Gasteiger partial charge on any atom is 0.472 e. The minimum absolute atomic E-state index is 0.0347. The molecular weight excluding hydrogens is 978 g/mol. The third kappa shape index (κ3) is 63.0. The van der Waals surface area contributed by atoms with Crippen molar-refractivity contribution < 1.29 is 42.1 Å². The number of quaternary nitrogens is 1. The quantitative estimate of drug-likeness (QED) is 0.0211. The first kappa shape index (κ1) is 75.0. The van der Waals surface area contributed by atoms with Crippen LogP contribution in [0.1, 0.15) is 316 Å². The van der Waals surface area contributed by atoms with Crippen LogP contribution in [-0.4, -0.2) is 74.9 Å². The number of nitrogens with zero attached hydrogens (tertiary/aromatic N) is 1. The fraction of sp³-hybridized carbons (Fsp3) is 0.851. The topological polar surface area (TPSA) is 108 Å². The molecule has 0 saturated carbocycles. The summed E-state index contributed by atoms with van der Waals surface area (Å²) < 4.78 is 34.7. The molecule has 0 aromatic carbocycles. The van der Waals surface area contributed by atoms with Crippen molar-refractivity contribution in [1.29, 1.82) is 0 Å². The Kier molecular flexibility index (Phi) is 57.1. The summed E-state index contributed by atoms with van der Waals surface area (Å²) in [6, 6.07) is 0. The Morgan fingerprint density at radius 1 is 0.416 bits per heavy atom. The van der Waals surface area contributed by atoms with E-state index in [1.807, 2.05) is 21.1 Å². The van der Waals surface area contributed by atoms with Crippen LogP contribution in [0.3, 0.4) is 0 Å². The second-order valence-electron chi connectivity index (χ2n) is 23.5. The number of ether oxygens (including phenoxy) is 2. The number of phosphoric acid groups is 1. The summed E-state index contributed by atoms with van der Waals surface area (Å²) in [7, 11) is 1.50. The van der Waals surface area contributed by atoms with E-state index < -0.39 is 26.5 Å². The van der Waals surface area contributed by atoms with Gasteiger partial charge in [0.2, 0.25) is 0 Å². The molecule has 0 aromatic heterocycles. The van der Waals surface area contributed by atoms with Crippen LogP contribution in [0, 0.1) is 0 Å². The van der Waals surface area contributed by atoms with Crippen LogP contribution in [-0.2, 0) is 32.7 Å². The van der Waals surface area contributed by atoms with E-state index in [1.165, 1.54) is 225 Å². The fourth-order valence-electron chi connectivity index (χ4n) is 9.60. The van der Waals surface area contributed by atoms with Crippen LogP contribution in [0.4, 0.5) is 0 Å². The van der Waals surface area contributed by atoms with Gasteiger partial charge in [-0.1, -0.05) is 300 Å². The molecule has 0 aliphatic heterocycles. The van der Waals surface area contributed by atoms with Gasteiger partial charge in [-0.15, -0.1) is 0 Å². The molecule has 0 bridgehead atoms. The Balaban J connectivity index is 3.97. The molecule has 1 N–H and O–H groups in total. The number of phosphoric ester groups is 1. The Morgan fingerprint density at radius 2 is 0.740 bits per heavy atom. The van der Waals surface area contributed by atoms with E-state index in [0.717, 1.165) is 57.8 Å². The van der Waals surface area contributed by atoms with E-state index in [9.17, 15) is 19.0 Å². The Bertz CT molecular complexity index is 1440. The minimum Gasteiger partial charge on any atom is -0.462 e. The lowest BCUT2D eigenvalue weighted by atomic mass is 10.0. The minimum atomic E-state index is -4.38. The molecule has 0 fully saturated rings. The van der Waals surface area contributed by atoms with Crippen molar-refractivity contribution in [2.75, 3.05) is 47.5 Å². The Labute approximate surface area is 477 Å². The lowest BCUT2D eigenvalue weighted by Crippen LogP contribution is -2.37. The number of unbranched alkanes of at least 4 members (excludes halogenated alkanes) is 39. The lowest BCUT2D eigenvalue weighted by Gasteiger charge is -2.24. The average Bonchev–Trinajstić information content (AvgIpc) is 3.39. The number of hydrogen-bond acceptors (Lipinski definition) is 7. The molecule has 0 aliphatic rings. The summed E-state index contributed by atoms with van der Waals surface area (Å²) >= 11 is 0. The van der Waals surface area contributed by atoms with Crippen LogP contribution < -0.4 is 0 Å². The van der Waals surface area contributed by atoms with E-state index in [0.29, 0.717) is 23.9 Å². The maximum atomic E-state index is 12.8. The van der Waals surface area contributed by atoms with Crippen molar-refractivity contribution >= 4 is 19.8 Å². The van der Waals surface area contributed by atoms with Gasteiger partial charge in [0.25, 0.3) is 0 Å². The zero-order valence-corrected chi connectivity index (χ0v) is 52.4. The van der Waals surface area contributed by atoms with Gasteiger partial charge >= 0.3 is 19.8 Å². The molecule has 77 heavy (non-hydrogen) atoms. The first-order valence-corrected chi connectivity index (χ1v) is 34.4. The van der Waals surface area contributed by atoms with Gasteiger partial charge in [-0.25, -0.2) is 4.57 Å². The maximum absolute atomic E-state index is 12.8. The number of rotatable bonds is 61. The van der Waals surface area contributed by atoms with Gasteiger partial charge in [0.1, 0.15) is 19.8 Å². The largest absolute Gasteiger partial charge is 0.472 e. The second kappa shape index (κ2) is 58.6. The molecule has 0 saturated heterocycles. The van der Waals surface area contributed by atoms with Crippen molar-refractivity contribution in [2.45, 2.75) is 322 Å². The normalized spacial score (nSPS) is 13.5. The smallest absolute Gasteiger partial charge is 0.462 e. The highest BCUT2D eigenvalue weighted by molar-refractivity contribution is 7.47. The number of esters is 2. The van der Waals surface area contributed by atoms with Gasteiger partial charge < -0.3 is 18.9 Å². The number of likely N-dealkylation sites (N-methyl/N-ethyl adjacent to an activating group) is 1. The third-order valence-electron chi connectivity index (χ3n) is 14.6. The van der Waals surface area contributed by atoms with Crippen LogP contribution in [0.15, 0.2) is 48.6 Å². The predicted octanol–water partition coefficient (Wildman–Crippen LogP) is 20.9. The van der Waals surface area contributed by atoms with E-state index in [2.05, 4.69) is 62.5 Å². The number of carbonyl (C=O) groups excluding carboxylic acids is 2. The van der Waals surface area contributed by atoms with Crippen molar-refractivity contribution in [3.05, 3.63) is 48.6 Å². The zero-order valence-electron chi connectivity index (χ0n) is 51.5. The zero-order chi connectivity index (χ0) is 56.3. The average molecular weight is 1110 g/mol. The molecule has 0 rings (SSSR count). The first-order valence-electron chi connectivity index (χ1n) is 32.9. The van der Waals surface area contributed by atoms with Crippen molar-refractivity contribution in [1.82, 2.24) is 0 Å². The molecule has 0 spiro atoms. The second-order valence-corrected chi connectivity index (χ2v) is 24.9. The molecule has 0 aromatic rings. The predicted molar refractivity (Wildman–Crippen MR) is 330 cm³/mol.